The minimum absolute atomic E-state index is 0.239. The maximum atomic E-state index is 6.26. The smallest absolute Gasteiger partial charge is 0.0588 e. The van der Waals surface area contributed by atoms with Gasteiger partial charge in [0.15, 0.2) is 0 Å². The van der Waals surface area contributed by atoms with Gasteiger partial charge in [0.1, 0.15) is 0 Å². The molecule has 0 spiro atoms. The molecule has 0 aliphatic heterocycles. The number of rotatable bonds is 5. The number of hydrogen-bond acceptors (Lipinski definition) is 2. The van der Waals surface area contributed by atoms with Gasteiger partial charge >= 0.3 is 0 Å². The second-order valence-corrected chi connectivity index (χ2v) is 6.35. The highest BCUT2D eigenvalue weighted by Crippen LogP contribution is 2.31. The molecule has 1 nitrogen and oxygen atoms in total. The Balaban J connectivity index is 2.39. The van der Waals surface area contributed by atoms with Crippen LogP contribution in [0.4, 0.5) is 0 Å². The molecule has 0 aliphatic rings. The van der Waals surface area contributed by atoms with Gasteiger partial charge in [-0.15, -0.1) is 11.3 Å². The molecule has 0 fully saturated rings. The highest BCUT2D eigenvalue weighted by molar-refractivity contribution is 7.10. The van der Waals surface area contributed by atoms with E-state index in [0.29, 0.717) is 0 Å². The van der Waals surface area contributed by atoms with Crippen molar-refractivity contribution in [3.8, 4) is 0 Å². The number of halogens is 1. The average Bonchev–Trinajstić information content (AvgIpc) is 2.81. The molecule has 0 amide bonds. The van der Waals surface area contributed by atoms with Crippen LogP contribution in [-0.4, -0.2) is 6.54 Å². The first-order valence-electron chi connectivity index (χ1n) is 6.67. The highest BCUT2D eigenvalue weighted by atomic mass is 35.5. The third-order valence-electron chi connectivity index (χ3n) is 3.30. The third-order valence-corrected chi connectivity index (χ3v) is 4.59. The predicted octanol–water partition coefficient (Wildman–Crippen LogP) is 5.11. The van der Waals surface area contributed by atoms with Crippen molar-refractivity contribution in [1.29, 1.82) is 0 Å². The Morgan fingerprint density at radius 1 is 1.32 bits per heavy atom. The van der Waals surface area contributed by atoms with Crippen LogP contribution in [0.2, 0.25) is 5.02 Å². The van der Waals surface area contributed by atoms with Gasteiger partial charge in [-0.3, -0.25) is 0 Å². The summed E-state index contributed by atoms with van der Waals surface area (Å²) in [5.74, 6) is 0. The quantitative estimate of drug-likeness (QED) is 0.808. The maximum Gasteiger partial charge on any atom is 0.0588 e. The molecule has 1 heterocycles. The van der Waals surface area contributed by atoms with Gasteiger partial charge in [0, 0.05) is 9.90 Å². The van der Waals surface area contributed by atoms with Crippen molar-refractivity contribution >= 4 is 22.9 Å². The van der Waals surface area contributed by atoms with E-state index in [4.69, 9.17) is 11.6 Å². The zero-order chi connectivity index (χ0) is 13.8. The van der Waals surface area contributed by atoms with Gasteiger partial charge in [0.05, 0.1) is 6.04 Å². The molecule has 2 aromatic rings. The number of hydrogen-bond donors (Lipinski definition) is 1. The summed E-state index contributed by atoms with van der Waals surface area (Å²) in [5, 5.41) is 6.71. The van der Waals surface area contributed by atoms with Gasteiger partial charge in [-0.25, -0.2) is 0 Å². The molecule has 0 saturated heterocycles. The van der Waals surface area contributed by atoms with Crippen molar-refractivity contribution in [3.63, 3.8) is 0 Å². The molecule has 1 aromatic heterocycles. The summed E-state index contributed by atoms with van der Waals surface area (Å²) >= 11 is 8.06. The lowest BCUT2D eigenvalue weighted by Crippen LogP contribution is -2.23. The molecule has 1 unspecified atom stereocenters. The van der Waals surface area contributed by atoms with Crippen molar-refractivity contribution in [2.75, 3.05) is 6.54 Å². The van der Waals surface area contributed by atoms with Crippen molar-refractivity contribution in [1.82, 2.24) is 5.32 Å². The molecule has 0 saturated carbocycles. The fourth-order valence-corrected chi connectivity index (χ4v) is 3.16. The van der Waals surface area contributed by atoms with E-state index in [-0.39, 0.29) is 6.04 Å². The summed E-state index contributed by atoms with van der Waals surface area (Å²) in [6.45, 7) is 7.44. The largest absolute Gasteiger partial charge is 0.306 e. The van der Waals surface area contributed by atoms with E-state index in [9.17, 15) is 0 Å². The zero-order valence-electron chi connectivity index (χ0n) is 11.7. The van der Waals surface area contributed by atoms with Crippen molar-refractivity contribution in [2.24, 2.45) is 0 Å². The molecule has 1 N–H and O–H groups in total. The van der Waals surface area contributed by atoms with E-state index in [2.05, 4.69) is 43.6 Å². The lowest BCUT2D eigenvalue weighted by Gasteiger charge is -2.20. The van der Waals surface area contributed by atoms with Crippen LogP contribution in [0, 0.1) is 13.8 Å². The summed E-state index contributed by atoms with van der Waals surface area (Å²) in [5.41, 5.74) is 3.78. The molecule has 102 valence electrons. The van der Waals surface area contributed by atoms with Crippen LogP contribution in [0.5, 0.6) is 0 Å². The van der Waals surface area contributed by atoms with Crippen LogP contribution in [0.3, 0.4) is 0 Å². The first-order chi connectivity index (χ1) is 9.13. The van der Waals surface area contributed by atoms with Crippen LogP contribution in [0.25, 0.3) is 0 Å². The van der Waals surface area contributed by atoms with Gasteiger partial charge in [0.25, 0.3) is 0 Å². The first-order valence-corrected chi connectivity index (χ1v) is 7.92. The minimum atomic E-state index is 0.239. The standard InChI is InChI=1S/C16H20ClNS/c1-4-8-18-16(13-9-11(2)19-10-13)14-6-5-7-15(17)12(14)3/h5-7,9-10,16,18H,4,8H2,1-3H3. The lowest BCUT2D eigenvalue weighted by atomic mass is 9.96. The van der Waals surface area contributed by atoms with Gasteiger partial charge in [-0.2, -0.15) is 0 Å². The van der Waals surface area contributed by atoms with Crippen LogP contribution in [0.1, 0.15) is 41.0 Å². The molecule has 2 rings (SSSR count). The lowest BCUT2D eigenvalue weighted by molar-refractivity contribution is 0.597. The van der Waals surface area contributed by atoms with E-state index in [1.165, 1.54) is 21.6 Å². The van der Waals surface area contributed by atoms with Crippen molar-refractivity contribution < 1.29 is 0 Å². The van der Waals surface area contributed by atoms with Gasteiger partial charge in [-0.05, 0) is 61.0 Å². The Labute approximate surface area is 124 Å². The second kappa shape index (κ2) is 6.56. The molecule has 0 aliphatic carbocycles. The molecular weight excluding hydrogens is 274 g/mol. The summed E-state index contributed by atoms with van der Waals surface area (Å²) in [4.78, 5) is 1.35. The molecule has 1 atom stereocenters. The second-order valence-electron chi connectivity index (χ2n) is 4.83. The number of nitrogens with one attached hydrogen (secondary N) is 1. The number of aryl methyl sites for hydroxylation is 1. The van der Waals surface area contributed by atoms with Gasteiger partial charge in [0.2, 0.25) is 0 Å². The van der Waals surface area contributed by atoms with Crippen LogP contribution < -0.4 is 5.32 Å². The van der Waals surface area contributed by atoms with E-state index >= 15 is 0 Å². The van der Waals surface area contributed by atoms with Crippen LogP contribution in [0.15, 0.2) is 29.6 Å². The number of benzene rings is 1. The predicted molar refractivity (Wildman–Crippen MR) is 85.4 cm³/mol. The summed E-state index contributed by atoms with van der Waals surface area (Å²) in [6, 6.07) is 8.66. The van der Waals surface area contributed by atoms with E-state index in [1.54, 1.807) is 11.3 Å². The normalized spacial score (nSPS) is 12.6. The van der Waals surface area contributed by atoms with Gasteiger partial charge in [-0.1, -0.05) is 30.7 Å². The Hall–Kier alpha value is -0.830. The third kappa shape index (κ3) is 3.38. The first kappa shape index (κ1) is 14.6. The Morgan fingerprint density at radius 3 is 2.74 bits per heavy atom. The fraction of sp³-hybridized carbons (Fsp3) is 0.375. The van der Waals surface area contributed by atoms with E-state index in [0.717, 1.165) is 18.0 Å². The molecular formula is C16H20ClNS. The molecule has 0 radical (unpaired) electrons. The molecule has 0 bridgehead atoms. The topological polar surface area (TPSA) is 12.0 Å². The summed E-state index contributed by atoms with van der Waals surface area (Å²) < 4.78 is 0. The SMILES string of the molecule is CCCNC(c1csc(C)c1)c1cccc(Cl)c1C. The zero-order valence-corrected chi connectivity index (χ0v) is 13.2. The van der Waals surface area contributed by atoms with Crippen molar-refractivity contribution in [2.45, 2.75) is 33.2 Å². The Morgan fingerprint density at radius 2 is 2.11 bits per heavy atom. The maximum absolute atomic E-state index is 6.26. The van der Waals surface area contributed by atoms with Crippen LogP contribution in [-0.2, 0) is 0 Å². The Bertz CT molecular complexity index is 547. The molecule has 1 aromatic carbocycles. The monoisotopic (exact) mass is 293 g/mol. The fourth-order valence-electron chi connectivity index (χ4n) is 2.25. The minimum Gasteiger partial charge on any atom is -0.306 e. The van der Waals surface area contributed by atoms with Gasteiger partial charge < -0.3 is 5.32 Å². The van der Waals surface area contributed by atoms with Crippen LogP contribution >= 0.6 is 22.9 Å². The van der Waals surface area contributed by atoms with E-state index < -0.39 is 0 Å². The average molecular weight is 294 g/mol. The number of thiophene rings is 1. The Kier molecular flexibility index (Phi) is 5.03. The van der Waals surface area contributed by atoms with E-state index in [1.807, 2.05) is 12.1 Å². The molecule has 19 heavy (non-hydrogen) atoms. The highest BCUT2D eigenvalue weighted by Gasteiger charge is 2.17. The molecule has 3 heteroatoms. The summed E-state index contributed by atoms with van der Waals surface area (Å²) in [7, 11) is 0. The summed E-state index contributed by atoms with van der Waals surface area (Å²) in [6.07, 6.45) is 1.12. The van der Waals surface area contributed by atoms with Crippen molar-refractivity contribution in [3.05, 3.63) is 56.2 Å².